The van der Waals surface area contributed by atoms with Crippen LogP contribution in [-0.2, 0) is 6.42 Å². The Balaban J connectivity index is 2.62. The fourth-order valence-corrected chi connectivity index (χ4v) is 2.24. The van der Waals surface area contributed by atoms with E-state index in [0.29, 0.717) is 6.04 Å². The molecule has 1 heterocycles. The lowest BCUT2D eigenvalue weighted by atomic mass is 10.2. The second-order valence-corrected chi connectivity index (χ2v) is 4.65. The molecule has 0 aliphatic rings. The van der Waals surface area contributed by atoms with Crippen LogP contribution >= 0.6 is 0 Å². The molecule has 3 heteroatoms. The van der Waals surface area contributed by atoms with Gasteiger partial charge in [0.2, 0.25) is 0 Å². The van der Waals surface area contributed by atoms with Gasteiger partial charge in [-0.1, -0.05) is 13.8 Å². The normalized spacial score (nSPS) is 13.1. The van der Waals surface area contributed by atoms with Gasteiger partial charge >= 0.3 is 0 Å². The fraction of sp³-hybridized carbons (Fsp3) is 0.500. The standard InChI is InChI=1S/C14H21N3/c1-4-6-14-16-12-9-11(15)7-8-13(12)17(14)10(3)5-2/h7-10H,4-6,15H2,1-3H3. The molecule has 1 aromatic carbocycles. The molecule has 1 atom stereocenters. The summed E-state index contributed by atoms with van der Waals surface area (Å²) in [5.74, 6) is 1.18. The molecule has 0 saturated carbocycles. The smallest absolute Gasteiger partial charge is 0.110 e. The Morgan fingerprint density at radius 2 is 2.12 bits per heavy atom. The summed E-state index contributed by atoms with van der Waals surface area (Å²) in [4.78, 5) is 4.72. The number of benzene rings is 1. The molecule has 0 amide bonds. The van der Waals surface area contributed by atoms with E-state index in [0.717, 1.165) is 30.5 Å². The summed E-state index contributed by atoms with van der Waals surface area (Å²) < 4.78 is 2.36. The molecule has 0 aliphatic carbocycles. The van der Waals surface area contributed by atoms with Crippen molar-refractivity contribution in [1.82, 2.24) is 9.55 Å². The van der Waals surface area contributed by atoms with Crippen LogP contribution in [-0.4, -0.2) is 9.55 Å². The number of aryl methyl sites for hydroxylation is 1. The van der Waals surface area contributed by atoms with Gasteiger partial charge in [0.1, 0.15) is 5.82 Å². The van der Waals surface area contributed by atoms with Gasteiger partial charge in [0, 0.05) is 18.2 Å². The molecule has 17 heavy (non-hydrogen) atoms. The Hall–Kier alpha value is -1.51. The number of anilines is 1. The molecule has 2 rings (SSSR count). The molecule has 0 spiro atoms. The van der Waals surface area contributed by atoms with Crippen molar-refractivity contribution in [2.75, 3.05) is 5.73 Å². The first-order valence-corrected chi connectivity index (χ1v) is 6.43. The van der Waals surface area contributed by atoms with E-state index in [1.54, 1.807) is 0 Å². The molecule has 0 radical (unpaired) electrons. The van der Waals surface area contributed by atoms with Gasteiger partial charge in [-0.15, -0.1) is 0 Å². The van der Waals surface area contributed by atoms with Crippen molar-refractivity contribution in [2.24, 2.45) is 0 Å². The summed E-state index contributed by atoms with van der Waals surface area (Å²) >= 11 is 0. The minimum Gasteiger partial charge on any atom is -0.399 e. The Kier molecular flexibility index (Phi) is 3.36. The van der Waals surface area contributed by atoms with Crippen LogP contribution in [0.2, 0.25) is 0 Å². The minimum atomic E-state index is 0.491. The van der Waals surface area contributed by atoms with E-state index in [4.69, 9.17) is 10.7 Å². The van der Waals surface area contributed by atoms with Crippen LogP contribution in [0.3, 0.4) is 0 Å². The van der Waals surface area contributed by atoms with E-state index in [-0.39, 0.29) is 0 Å². The summed E-state index contributed by atoms with van der Waals surface area (Å²) in [7, 11) is 0. The topological polar surface area (TPSA) is 43.8 Å². The first-order valence-electron chi connectivity index (χ1n) is 6.43. The van der Waals surface area contributed by atoms with Crippen molar-refractivity contribution in [2.45, 2.75) is 46.1 Å². The molecule has 0 aliphatic heterocycles. The largest absolute Gasteiger partial charge is 0.399 e. The van der Waals surface area contributed by atoms with Crippen LogP contribution in [0.25, 0.3) is 11.0 Å². The van der Waals surface area contributed by atoms with Crippen LogP contribution in [0.4, 0.5) is 5.69 Å². The molecule has 1 aromatic heterocycles. The van der Waals surface area contributed by atoms with Crippen molar-refractivity contribution >= 4 is 16.7 Å². The van der Waals surface area contributed by atoms with Crippen LogP contribution in [0.5, 0.6) is 0 Å². The summed E-state index contributed by atoms with van der Waals surface area (Å²) in [5.41, 5.74) is 8.83. The molecule has 3 nitrogen and oxygen atoms in total. The number of hydrogen-bond donors (Lipinski definition) is 1. The summed E-state index contributed by atoms with van der Waals surface area (Å²) in [6.07, 6.45) is 3.26. The molecular weight excluding hydrogens is 210 g/mol. The van der Waals surface area contributed by atoms with Crippen molar-refractivity contribution < 1.29 is 0 Å². The molecule has 92 valence electrons. The first-order chi connectivity index (χ1) is 8.17. The monoisotopic (exact) mass is 231 g/mol. The third-order valence-electron chi connectivity index (χ3n) is 3.29. The number of nitrogen functional groups attached to an aromatic ring is 1. The summed E-state index contributed by atoms with van der Waals surface area (Å²) in [6, 6.07) is 6.50. The maximum absolute atomic E-state index is 5.82. The van der Waals surface area contributed by atoms with Crippen LogP contribution in [0.15, 0.2) is 18.2 Å². The van der Waals surface area contributed by atoms with Gasteiger partial charge in [0.25, 0.3) is 0 Å². The van der Waals surface area contributed by atoms with Crippen molar-refractivity contribution in [3.8, 4) is 0 Å². The Bertz CT molecular complexity index is 513. The lowest BCUT2D eigenvalue weighted by Crippen LogP contribution is -2.08. The molecule has 1 unspecified atom stereocenters. The Morgan fingerprint density at radius 3 is 2.76 bits per heavy atom. The zero-order chi connectivity index (χ0) is 12.4. The number of nitrogens with two attached hydrogens (primary N) is 1. The van der Waals surface area contributed by atoms with Gasteiger partial charge in [0.15, 0.2) is 0 Å². The average molecular weight is 231 g/mol. The van der Waals surface area contributed by atoms with Crippen molar-refractivity contribution in [1.29, 1.82) is 0 Å². The number of nitrogens with zero attached hydrogens (tertiary/aromatic N) is 2. The van der Waals surface area contributed by atoms with Crippen LogP contribution in [0, 0.1) is 0 Å². The number of fused-ring (bicyclic) bond motifs is 1. The second kappa shape index (κ2) is 4.78. The highest BCUT2D eigenvalue weighted by Crippen LogP contribution is 2.25. The van der Waals surface area contributed by atoms with E-state index in [1.165, 1.54) is 11.3 Å². The van der Waals surface area contributed by atoms with Crippen LogP contribution in [0.1, 0.15) is 45.5 Å². The molecule has 0 fully saturated rings. The van der Waals surface area contributed by atoms with E-state index < -0.39 is 0 Å². The SMILES string of the molecule is CCCc1nc2cc(N)ccc2n1C(C)CC. The minimum absolute atomic E-state index is 0.491. The molecule has 0 saturated heterocycles. The molecular formula is C14H21N3. The quantitative estimate of drug-likeness (QED) is 0.818. The fourth-order valence-electron chi connectivity index (χ4n) is 2.24. The number of imidazole rings is 1. The highest BCUT2D eigenvalue weighted by atomic mass is 15.1. The Morgan fingerprint density at radius 1 is 1.35 bits per heavy atom. The van der Waals surface area contributed by atoms with E-state index in [9.17, 15) is 0 Å². The van der Waals surface area contributed by atoms with Gasteiger partial charge in [-0.25, -0.2) is 4.98 Å². The highest BCUT2D eigenvalue weighted by Gasteiger charge is 2.13. The van der Waals surface area contributed by atoms with Gasteiger partial charge < -0.3 is 10.3 Å². The predicted molar refractivity (Wildman–Crippen MR) is 73.1 cm³/mol. The van der Waals surface area contributed by atoms with E-state index in [2.05, 4.69) is 31.4 Å². The van der Waals surface area contributed by atoms with Crippen LogP contribution < -0.4 is 5.73 Å². The number of aromatic nitrogens is 2. The van der Waals surface area contributed by atoms with Gasteiger partial charge in [-0.3, -0.25) is 0 Å². The third-order valence-corrected chi connectivity index (χ3v) is 3.29. The van der Waals surface area contributed by atoms with E-state index >= 15 is 0 Å². The summed E-state index contributed by atoms with van der Waals surface area (Å²) in [6.45, 7) is 6.65. The predicted octanol–water partition coefficient (Wildman–Crippen LogP) is 3.54. The zero-order valence-electron chi connectivity index (χ0n) is 10.9. The average Bonchev–Trinajstić information content (AvgIpc) is 2.65. The molecule has 0 bridgehead atoms. The second-order valence-electron chi connectivity index (χ2n) is 4.65. The first kappa shape index (κ1) is 12.0. The van der Waals surface area contributed by atoms with Crippen molar-refractivity contribution in [3.05, 3.63) is 24.0 Å². The van der Waals surface area contributed by atoms with Crippen molar-refractivity contribution in [3.63, 3.8) is 0 Å². The number of hydrogen-bond acceptors (Lipinski definition) is 2. The molecule has 2 N–H and O–H groups in total. The Labute approximate surface area is 103 Å². The molecule has 2 aromatic rings. The van der Waals surface area contributed by atoms with Gasteiger partial charge in [-0.05, 0) is 38.0 Å². The number of rotatable bonds is 4. The van der Waals surface area contributed by atoms with E-state index in [1.807, 2.05) is 12.1 Å². The zero-order valence-corrected chi connectivity index (χ0v) is 10.9. The third kappa shape index (κ3) is 2.14. The van der Waals surface area contributed by atoms with Gasteiger partial charge in [-0.2, -0.15) is 0 Å². The lowest BCUT2D eigenvalue weighted by molar-refractivity contribution is 0.520. The maximum Gasteiger partial charge on any atom is 0.110 e. The van der Waals surface area contributed by atoms with Gasteiger partial charge in [0.05, 0.1) is 11.0 Å². The maximum atomic E-state index is 5.82. The summed E-state index contributed by atoms with van der Waals surface area (Å²) in [5, 5.41) is 0. The highest BCUT2D eigenvalue weighted by molar-refractivity contribution is 5.79. The lowest BCUT2D eigenvalue weighted by Gasteiger charge is -2.15.